The van der Waals surface area contributed by atoms with Crippen molar-refractivity contribution in [2.24, 2.45) is 5.92 Å². The molecule has 0 bridgehead atoms. The number of Topliss-reactive ketones (excluding diaryl/α,β-unsaturated/α-hetero) is 1. The van der Waals surface area contributed by atoms with Crippen LogP contribution in [0.3, 0.4) is 0 Å². The van der Waals surface area contributed by atoms with Crippen molar-refractivity contribution in [1.82, 2.24) is 4.98 Å². The number of carbonyl (C=O) groups excluding carboxylic acids is 1. The van der Waals surface area contributed by atoms with Crippen molar-refractivity contribution in [3.05, 3.63) is 10.6 Å². The van der Waals surface area contributed by atoms with E-state index in [0.29, 0.717) is 17.1 Å². The van der Waals surface area contributed by atoms with Gasteiger partial charge in [-0.3, -0.25) is 4.79 Å². The van der Waals surface area contributed by atoms with Gasteiger partial charge >= 0.3 is 5.97 Å². The van der Waals surface area contributed by atoms with E-state index in [0.717, 1.165) is 17.8 Å². The molecule has 1 heterocycles. The number of ketones is 1. The van der Waals surface area contributed by atoms with Gasteiger partial charge in [-0.15, -0.1) is 0 Å². The van der Waals surface area contributed by atoms with Crippen molar-refractivity contribution in [2.75, 3.05) is 5.32 Å². The van der Waals surface area contributed by atoms with E-state index >= 15 is 0 Å². The molecule has 6 heteroatoms. The third-order valence-corrected chi connectivity index (χ3v) is 5.20. The van der Waals surface area contributed by atoms with Gasteiger partial charge in [0.2, 0.25) is 0 Å². The van der Waals surface area contributed by atoms with Crippen molar-refractivity contribution >= 4 is 28.2 Å². The van der Waals surface area contributed by atoms with E-state index < -0.39 is 5.97 Å². The van der Waals surface area contributed by atoms with Gasteiger partial charge in [0, 0.05) is 13.0 Å². The fourth-order valence-corrected chi connectivity index (χ4v) is 3.93. The molecule has 0 radical (unpaired) electrons. The Kier molecular flexibility index (Phi) is 5.33. The molecule has 21 heavy (non-hydrogen) atoms. The van der Waals surface area contributed by atoms with Crippen molar-refractivity contribution < 1.29 is 14.7 Å². The number of carboxylic acid groups (broad SMARTS) is 1. The van der Waals surface area contributed by atoms with Crippen LogP contribution in [0, 0.1) is 5.92 Å². The van der Waals surface area contributed by atoms with Crippen molar-refractivity contribution in [3.8, 4) is 0 Å². The summed E-state index contributed by atoms with van der Waals surface area (Å²) in [6, 6.07) is 0.304. The molecule has 0 amide bonds. The predicted octanol–water partition coefficient (Wildman–Crippen LogP) is 3.81. The van der Waals surface area contributed by atoms with Gasteiger partial charge in [-0.05, 0) is 25.2 Å². The van der Waals surface area contributed by atoms with Crippen molar-refractivity contribution in [3.63, 3.8) is 0 Å². The lowest BCUT2D eigenvalue weighted by molar-refractivity contribution is 0.0687. The van der Waals surface area contributed by atoms with Gasteiger partial charge in [-0.2, -0.15) is 0 Å². The van der Waals surface area contributed by atoms with E-state index in [-0.39, 0.29) is 16.4 Å². The van der Waals surface area contributed by atoms with E-state index in [2.05, 4.69) is 17.2 Å². The first-order valence-corrected chi connectivity index (χ1v) is 8.36. The van der Waals surface area contributed by atoms with Crippen LogP contribution in [0.1, 0.15) is 72.5 Å². The average molecular weight is 310 g/mol. The Labute approximate surface area is 128 Å². The molecule has 1 aliphatic carbocycles. The molecule has 0 aromatic carbocycles. The van der Waals surface area contributed by atoms with E-state index in [1.807, 2.05) is 0 Å². The Morgan fingerprint density at radius 2 is 2.05 bits per heavy atom. The summed E-state index contributed by atoms with van der Waals surface area (Å²) >= 11 is 1.15. The monoisotopic (exact) mass is 310 g/mol. The predicted molar refractivity (Wildman–Crippen MR) is 83.4 cm³/mol. The molecular formula is C15H22N2O3S. The quantitative estimate of drug-likeness (QED) is 0.781. The third kappa shape index (κ3) is 3.81. The van der Waals surface area contributed by atoms with E-state index in [1.54, 1.807) is 0 Å². The van der Waals surface area contributed by atoms with Crippen LogP contribution in [-0.4, -0.2) is 27.9 Å². The molecule has 1 fully saturated rings. The summed E-state index contributed by atoms with van der Waals surface area (Å²) in [5.74, 6) is -0.777. The van der Waals surface area contributed by atoms with Crippen LogP contribution < -0.4 is 5.32 Å². The minimum Gasteiger partial charge on any atom is -0.476 e. The SMILES string of the molecule is CCC(Nc1nc(C(=O)O)c(C(C)=O)s1)C1CCCCC1. The van der Waals surface area contributed by atoms with Gasteiger partial charge in [0.05, 0.1) is 0 Å². The molecule has 1 atom stereocenters. The maximum absolute atomic E-state index is 11.5. The average Bonchev–Trinajstić information content (AvgIpc) is 2.90. The Balaban J connectivity index is 2.15. The lowest BCUT2D eigenvalue weighted by atomic mass is 9.83. The second-order valence-corrected chi connectivity index (χ2v) is 6.61. The van der Waals surface area contributed by atoms with Crippen LogP contribution in [0.4, 0.5) is 5.13 Å². The van der Waals surface area contributed by atoms with Crippen LogP contribution in [0.2, 0.25) is 0 Å². The van der Waals surface area contributed by atoms with Crippen LogP contribution in [-0.2, 0) is 0 Å². The molecule has 2 rings (SSSR count). The Bertz CT molecular complexity index is 489. The zero-order chi connectivity index (χ0) is 15.4. The molecule has 1 saturated carbocycles. The molecule has 1 aromatic heterocycles. The number of anilines is 1. The molecular weight excluding hydrogens is 288 g/mol. The van der Waals surface area contributed by atoms with E-state index in [4.69, 9.17) is 5.11 Å². The summed E-state index contributed by atoms with van der Waals surface area (Å²) in [5, 5.41) is 13.0. The summed E-state index contributed by atoms with van der Waals surface area (Å²) in [7, 11) is 0. The molecule has 1 unspecified atom stereocenters. The van der Waals surface area contributed by atoms with Gasteiger partial charge in [-0.1, -0.05) is 37.5 Å². The number of hydrogen-bond donors (Lipinski definition) is 2. The number of carboxylic acids is 1. The van der Waals surface area contributed by atoms with Crippen molar-refractivity contribution in [2.45, 2.75) is 58.4 Å². The molecule has 2 N–H and O–H groups in total. The Morgan fingerprint density at radius 1 is 1.38 bits per heavy atom. The van der Waals surface area contributed by atoms with Gasteiger partial charge in [0.25, 0.3) is 0 Å². The molecule has 5 nitrogen and oxygen atoms in total. The van der Waals surface area contributed by atoms with Crippen molar-refractivity contribution in [1.29, 1.82) is 0 Å². The summed E-state index contributed by atoms with van der Waals surface area (Å²) in [6.07, 6.45) is 7.23. The number of rotatable bonds is 6. The Morgan fingerprint density at radius 3 is 2.52 bits per heavy atom. The van der Waals surface area contributed by atoms with Gasteiger partial charge < -0.3 is 10.4 Å². The zero-order valence-corrected chi connectivity index (χ0v) is 13.3. The first-order chi connectivity index (χ1) is 10.0. The molecule has 0 aliphatic heterocycles. The van der Waals surface area contributed by atoms with Gasteiger partial charge in [-0.25, -0.2) is 9.78 Å². The van der Waals surface area contributed by atoms with Gasteiger partial charge in [0.1, 0.15) is 4.88 Å². The minimum atomic E-state index is -1.14. The molecule has 0 saturated heterocycles. The number of nitrogens with one attached hydrogen (secondary N) is 1. The third-order valence-electron chi connectivity index (χ3n) is 4.12. The van der Waals surface area contributed by atoms with Crippen LogP contribution in [0.25, 0.3) is 0 Å². The number of hydrogen-bond acceptors (Lipinski definition) is 5. The van der Waals surface area contributed by atoms with E-state index in [1.165, 1.54) is 39.0 Å². The Hall–Kier alpha value is -1.43. The van der Waals surface area contributed by atoms with Gasteiger partial charge in [0.15, 0.2) is 16.6 Å². The number of nitrogens with zero attached hydrogens (tertiary/aromatic N) is 1. The smallest absolute Gasteiger partial charge is 0.356 e. The highest BCUT2D eigenvalue weighted by atomic mass is 32.1. The normalized spacial score (nSPS) is 17.4. The summed E-state index contributed by atoms with van der Waals surface area (Å²) in [5.41, 5.74) is -0.131. The fourth-order valence-electron chi connectivity index (χ4n) is 3.01. The molecule has 1 aromatic rings. The van der Waals surface area contributed by atoms with E-state index in [9.17, 15) is 9.59 Å². The second-order valence-electron chi connectivity index (χ2n) is 5.62. The number of thiazole rings is 1. The fraction of sp³-hybridized carbons (Fsp3) is 0.667. The molecule has 116 valence electrons. The van der Waals surface area contributed by atoms with Crippen LogP contribution in [0.5, 0.6) is 0 Å². The lowest BCUT2D eigenvalue weighted by Gasteiger charge is -2.30. The summed E-state index contributed by atoms with van der Waals surface area (Å²) in [6.45, 7) is 3.51. The highest BCUT2D eigenvalue weighted by Crippen LogP contribution is 2.31. The highest BCUT2D eigenvalue weighted by molar-refractivity contribution is 7.17. The van der Waals surface area contributed by atoms with Crippen LogP contribution >= 0.6 is 11.3 Å². The number of aromatic nitrogens is 1. The topological polar surface area (TPSA) is 79.3 Å². The number of aromatic carboxylic acids is 1. The largest absolute Gasteiger partial charge is 0.476 e. The minimum absolute atomic E-state index is 0.131. The standard InChI is InChI=1S/C15H22N2O3S/c1-3-11(10-7-5-4-6-8-10)16-15-17-12(14(19)20)13(21-15)9(2)18/h10-11H,3-8H2,1-2H3,(H,16,17)(H,19,20). The van der Waals surface area contributed by atoms with Crippen LogP contribution in [0.15, 0.2) is 0 Å². The summed E-state index contributed by atoms with van der Waals surface area (Å²) in [4.78, 5) is 27.0. The first-order valence-electron chi connectivity index (χ1n) is 7.54. The number of carbonyl (C=O) groups is 2. The maximum Gasteiger partial charge on any atom is 0.356 e. The zero-order valence-electron chi connectivity index (χ0n) is 12.5. The molecule has 0 spiro atoms. The summed E-state index contributed by atoms with van der Waals surface area (Å²) < 4.78 is 0. The second kappa shape index (κ2) is 7.02. The maximum atomic E-state index is 11.5. The first kappa shape index (κ1) is 15.9. The highest BCUT2D eigenvalue weighted by Gasteiger charge is 2.25. The molecule has 1 aliphatic rings. The lowest BCUT2D eigenvalue weighted by Crippen LogP contribution is -2.30.